The maximum Gasteiger partial charge on any atom is 0.508 e. The average Bonchev–Trinajstić information content (AvgIpc) is 3.97. The van der Waals surface area contributed by atoms with E-state index < -0.39 is 126 Å². The summed E-state index contributed by atoms with van der Waals surface area (Å²) in [7, 11) is 3.07. The molecular formula is C45H53N4O18S+. The van der Waals surface area contributed by atoms with Gasteiger partial charge in [-0.15, -0.1) is 11.8 Å². The SMILES string of the molecule is C[NH2+][C@H]1[C@@H](O[C@@H]2c3cc4c(cc3[C@H](SC[C@H](NC(=O)CC[C@@H](N)C(=O)O)C(=O)NCC(=O)O)[C@H]2OC(=O)c2c(O)ccc3c(C)cc(OC)cc23)[C@@](O)([C@H]2COC(=O)O2)C=C4)O[C@H](C)[C@H](O)[C@@H]1O. The fourth-order valence-electron chi connectivity index (χ4n) is 8.84. The van der Waals surface area contributed by atoms with Crippen molar-refractivity contribution in [2.24, 2.45) is 5.73 Å². The van der Waals surface area contributed by atoms with Crippen LogP contribution in [0.15, 0.2) is 42.5 Å². The molecule has 2 amide bonds. The first-order chi connectivity index (χ1) is 32.3. The summed E-state index contributed by atoms with van der Waals surface area (Å²) < 4.78 is 35.2. The molecule has 7 rings (SSSR count). The Kier molecular flexibility index (Phi) is 14.9. The van der Waals surface area contributed by atoms with Gasteiger partial charge >= 0.3 is 24.1 Å². The third kappa shape index (κ3) is 9.92. The number of quaternary nitrogens is 1. The third-order valence-corrected chi connectivity index (χ3v) is 13.9. The van der Waals surface area contributed by atoms with Gasteiger partial charge in [-0.1, -0.05) is 18.2 Å². The number of aliphatic carboxylic acids is 2. The van der Waals surface area contributed by atoms with E-state index in [2.05, 4.69) is 10.6 Å². The standard InChI is InChI=1S/C45H52N4O18S/c1-18-11-21(62-4)13-23-22(18)5-7-29(50)33(23)42(59)66-38-37(67-43-34(47-3)36(55)35(54)19(2)64-43)24-12-20-9-10-45(61,30-16-63-44(60)65-30)26(20)14-25(24)39(38)68-17-28(40(56)48-15-32(52)53)49-31(51)8-6-27(46)41(57)58/h5,7,9-14,19,27-28,30,34-39,43,47,50,54-55,61H,6,8,15-17,46H2,1-4H3,(H,48,56)(H,49,51)(H,52,53)(H,57,58)/p+1/t19-,27-,28+,30-,34-,35+,36-,37-,38+,39+,43-,45-/m1/s1. The van der Waals surface area contributed by atoms with E-state index in [-0.39, 0.29) is 35.3 Å². The van der Waals surface area contributed by atoms with Gasteiger partial charge in [0.2, 0.25) is 18.1 Å². The van der Waals surface area contributed by atoms with Crippen molar-refractivity contribution in [2.75, 3.05) is 33.1 Å². The molecule has 2 saturated heterocycles. The number of hydrogen-bond donors (Lipinski definition) is 10. The van der Waals surface area contributed by atoms with Crippen LogP contribution in [0.5, 0.6) is 11.5 Å². The van der Waals surface area contributed by atoms with Crippen molar-refractivity contribution in [2.45, 2.75) is 98.6 Å². The van der Waals surface area contributed by atoms with Crippen LogP contribution in [0.2, 0.25) is 0 Å². The van der Waals surface area contributed by atoms with Crippen LogP contribution in [0.1, 0.15) is 69.3 Å². The fraction of sp³-hybridized carbons (Fsp3) is 0.467. The number of ether oxygens (including phenoxy) is 6. The number of fused-ring (bicyclic) bond motifs is 3. The Bertz CT molecular complexity index is 2520. The second kappa shape index (κ2) is 20.3. The van der Waals surface area contributed by atoms with E-state index in [1.165, 1.54) is 26.2 Å². The normalized spacial score (nSPS) is 27.9. The summed E-state index contributed by atoms with van der Waals surface area (Å²) in [5, 5.41) is 70.2. The minimum Gasteiger partial charge on any atom is -0.507 e. The number of carboxylic acids is 2. The van der Waals surface area contributed by atoms with Gasteiger partial charge in [0.1, 0.15) is 72.3 Å². The number of rotatable bonds is 18. The van der Waals surface area contributed by atoms with Crippen molar-refractivity contribution >= 4 is 64.5 Å². The van der Waals surface area contributed by atoms with Gasteiger partial charge < -0.3 is 80.7 Å². The van der Waals surface area contributed by atoms with Crippen LogP contribution in [0, 0.1) is 6.92 Å². The molecule has 0 saturated carbocycles. The van der Waals surface area contributed by atoms with E-state index in [1.807, 2.05) is 0 Å². The number of aliphatic hydroxyl groups excluding tert-OH is 2. The molecule has 0 spiro atoms. The molecule has 366 valence electrons. The number of carboxylic acid groups (broad SMARTS) is 2. The molecule has 0 aromatic heterocycles. The number of cyclic esters (lactones) is 2. The van der Waals surface area contributed by atoms with E-state index in [9.17, 15) is 59.4 Å². The molecule has 0 unspecified atom stereocenters. The summed E-state index contributed by atoms with van der Waals surface area (Å²) in [6, 6.07) is 5.65. The number of benzene rings is 3. The third-order valence-electron chi connectivity index (χ3n) is 12.5. The zero-order chi connectivity index (χ0) is 49.4. The topological polar surface area (TPSA) is 346 Å². The Hall–Kier alpha value is -6.05. The highest BCUT2D eigenvalue weighted by Crippen LogP contribution is 2.54. The Labute approximate surface area is 392 Å². The van der Waals surface area contributed by atoms with Crippen LogP contribution in [-0.2, 0) is 48.5 Å². The second-order valence-corrected chi connectivity index (χ2v) is 18.1. The number of carbonyl (C=O) groups is 6. The van der Waals surface area contributed by atoms with Crippen LogP contribution in [-0.4, -0.2) is 155 Å². The number of aryl methyl sites for hydroxylation is 1. The molecule has 2 aliphatic heterocycles. The molecule has 0 radical (unpaired) electrons. The molecule has 22 nitrogen and oxygen atoms in total. The molecule has 12 N–H and O–H groups in total. The first-order valence-electron chi connectivity index (χ1n) is 21.6. The van der Waals surface area contributed by atoms with Gasteiger partial charge in [-0.3, -0.25) is 19.2 Å². The number of aromatic hydroxyl groups is 1. The van der Waals surface area contributed by atoms with Crippen molar-refractivity contribution in [3.8, 4) is 11.5 Å². The highest BCUT2D eigenvalue weighted by Gasteiger charge is 2.54. The van der Waals surface area contributed by atoms with Crippen molar-refractivity contribution in [1.29, 1.82) is 0 Å². The summed E-state index contributed by atoms with van der Waals surface area (Å²) in [5.41, 5.74) is 5.50. The van der Waals surface area contributed by atoms with E-state index in [0.29, 0.717) is 33.4 Å². The molecule has 0 bridgehead atoms. The lowest BCUT2D eigenvalue weighted by Crippen LogP contribution is -2.94. The average molecular weight is 970 g/mol. The summed E-state index contributed by atoms with van der Waals surface area (Å²) in [6.07, 6.45) is -7.56. The maximum atomic E-state index is 14.8. The number of thioether (sulfide) groups is 1. The van der Waals surface area contributed by atoms with Crippen molar-refractivity contribution < 1.29 is 93.1 Å². The predicted octanol–water partition coefficient (Wildman–Crippen LogP) is -0.410. The van der Waals surface area contributed by atoms with Crippen molar-refractivity contribution in [1.82, 2.24) is 10.6 Å². The number of esters is 1. The zero-order valence-corrected chi connectivity index (χ0v) is 38.0. The number of phenolic OH excluding ortho intramolecular Hbond substituents is 1. The molecule has 2 heterocycles. The van der Waals surface area contributed by atoms with Crippen molar-refractivity contribution in [3.05, 3.63) is 75.9 Å². The number of hydrogen-bond acceptors (Lipinski definition) is 18. The van der Waals surface area contributed by atoms with Crippen LogP contribution < -0.4 is 26.4 Å². The van der Waals surface area contributed by atoms with E-state index in [0.717, 1.165) is 11.8 Å². The summed E-state index contributed by atoms with van der Waals surface area (Å²) in [6.45, 7) is 2.19. The molecule has 68 heavy (non-hydrogen) atoms. The first-order valence-corrected chi connectivity index (χ1v) is 22.6. The molecule has 3 aromatic rings. The van der Waals surface area contributed by atoms with Crippen molar-refractivity contribution in [3.63, 3.8) is 0 Å². The summed E-state index contributed by atoms with van der Waals surface area (Å²) in [5.74, 6) is -5.95. The van der Waals surface area contributed by atoms with Gasteiger partial charge in [-0.2, -0.15) is 0 Å². The van der Waals surface area contributed by atoms with E-state index in [4.69, 9.17) is 34.2 Å². The van der Waals surface area contributed by atoms with Gasteiger partial charge in [-0.25, -0.2) is 9.59 Å². The smallest absolute Gasteiger partial charge is 0.507 e. The number of methoxy groups -OCH3 is 1. The Morgan fingerprint density at radius 2 is 1.81 bits per heavy atom. The second-order valence-electron chi connectivity index (χ2n) is 16.9. The van der Waals surface area contributed by atoms with Gasteiger partial charge in [0.05, 0.1) is 25.5 Å². The van der Waals surface area contributed by atoms with Gasteiger partial charge in [0.25, 0.3) is 0 Å². The highest BCUT2D eigenvalue weighted by atomic mass is 32.2. The van der Waals surface area contributed by atoms with Crippen LogP contribution in [0.4, 0.5) is 4.79 Å². The molecule has 12 atom stereocenters. The molecular weight excluding hydrogens is 917 g/mol. The van der Waals surface area contributed by atoms with Crippen LogP contribution >= 0.6 is 11.8 Å². The minimum absolute atomic E-state index is 0.241. The van der Waals surface area contributed by atoms with Crippen LogP contribution in [0.25, 0.3) is 16.8 Å². The number of nitrogens with one attached hydrogen (secondary N) is 2. The molecule has 2 aliphatic carbocycles. The fourth-order valence-corrected chi connectivity index (χ4v) is 10.2. The number of carbonyl (C=O) groups excluding carboxylic acids is 4. The molecule has 4 aliphatic rings. The number of nitrogens with two attached hydrogens (primary N) is 2. The van der Waals surface area contributed by atoms with E-state index >= 15 is 0 Å². The minimum atomic E-state index is -1.93. The van der Waals surface area contributed by atoms with Crippen LogP contribution in [0.3, 0.4) is 0 Å². The molecule has 2 fully saturated rings. The van der Waals surface area contributed by atoms with Gasteiger partial charge in [0.15, 0.2) is 12.1 Å². The number of likely N-dealkylation sites (N-methyl/N-ethyl adjacent to an activating group) is 1. The zero-order valence-electron chi connectivity index (χ0n) is 37.2. The lowest BCUT2D eigenvalue weighted by Gasteiger charge is -2.40. The summed E-state index contributed by atoms with van der Waals surface area (Å²) >= 11 is 0.951. The summed E-state index contributed by atoms with van der Waals surface area (Å²) in [4.78, 5) is 76.7. The monoisotopic (exact) mass is 969 g/mol. The first kappa shape index (κ1) is 49.8. The highest BCUT2D eigenvalue weighted by molar-refractivity contribution is 7.99. The molecule has 3 aromatic carbocycles. The van der Waals surface area contributed by atoms with Gasteiger partial charge in [0, 0.05) is 17.6 Å². The molecule has 23 heteroatoms. The maximum absolute atomic E-state index is 14.8. The largest absolute Gasteiger partial charge is 0.508 e. The predicted molar refractivity (Wildman–Crippen MR) is 236 cm³/mol. The number of amides is 2. The Morgan fingerprint density at radius 3 is 2.47 bits per heavy atom. The lowest BCUT2D eigenvalue weighted by molar-refractivity contribution is -0.696. The Balaban J connectivity index is 1.35. The number of phenols is 1. The quantitative estimate of drug-likeness (QED) is 0.0724. The van der Waals surface area contributed by atoms with Gasteiger partial charge in [-0.05, 0) is 83.8 Å². The lowest BCUT2D eigenvalue weighted by atomic mass is 9.88. The number of aliphatic hydroxyl groups is 3. The van der Waals surface area contributed by atoms with E-state index in [1.54, 1.807) is 55.7 Å². The Morgan fingerprint density at radius 1 is 1.06 bits per heavy atom.